The summed E-state index contributed by atoms with van der Waals surface area (Å²) in [6, 6.07) is 6.14. The second-order valence-electron chi connectivity index (χ2n) is 4.05. The van der Waals surface area contributed by atoms with Gasteiger partial charge in [-0.25, -0.2) is 8.42 Å². The van der Waals surface area contributed by atoms with Gasteiger partial charge in [-0.2, -0.15) is 11.3 Å². The molecular formula is C13H14ClNO4S2. The summed E-state index contributed by atoms with van der Waals surface area (Å²) in [5, 5.41) is 3.80. The number of methoxy groups -OCH3 is 1. The van der Waals surface area contributed by atoms with E-state index in [-0.39, 0.29) is 17.3 Å². The molecule has 0 atom stereocenters. The summed E-state index contributed by atoms with van der Waals surface area (Å²) in [5.41, 5.74) is 0.503. The summed E-state index contributed by atoms with van der Waals surface area (Å²) in [4.78, 5) is -0.00250. The predicted molar refractivity (Wildman–Crippen MR) is 84.0 cm³/mol. The molecule has 0 amide bonds. The van der Waals surface area contributed by atoms with Crippen molar-refractivity contribution < 1.29 is 17.9 Å². The fraction of sp³-hybridized carbons (Fsp3) is 0.231. The Balaban J connectivity index is 2.29. The van der Waals surface area contributed by atoms with Crippen LogP contribution in [0.25, 0.3) is 0 Å². The van der Waals surface area contributed by atoms with E-state index in [1.54, 1.807) is 30.0 Å². The van der Waals surface area contributed by atoms with Crippen molar-refractivity contribution in [3.05, 3.63) is 40.0 Å². The Hall–Kier alpha value is -1.28. The van der Waals surface area contributed by atoms with Gasteiger partial charge < -0.3 is 9.47 Å². The largest absolute Gasteiger partial charge is 0.490 e. The molecule has 0 aliphatic heterocycles. The summed E-state index contributed by atoms with van der Waals surface area (Å²) in [5.74, 6) is 0.235. The van der Waals surface area contributed by atoms with Crippen LogP contribution in [0.15, 0.2) is 39.9 Å². The van der Waals surface area contributed by atoms with Crippen molar-refractivity contribution in [1.29, 1.82) is 0 Å². The van der Waals surface area contributed by atoms with E-state index < -0.39 is 10.0 Å². The van der Waals surface area contributed by atoms with Crippen molar-refractivity contribution in [3.63, 3.8) is 0 Å². The summed E-state index contributed by atoms with van der Waals surface area (Å²) in [6.07, 6.45) is 0. The van der Waals surface area contributed by atoms with Crippen molar-refractivity contribution in [2.45, 2.75) is 4.90 Å². The van der Waals surface area contributed by atoms with Crippen LogP contribution in [-0.2, 0) is 14.8 Å². The first-order valence-corrected chi connectivity index (χ1v) is 8.79. The zero-order valence-corrected chi connectivity index (χ0v) is 13.6. The van der Waals surface area contributed by atoms with Gasteiger partial charge in [0.25, 0.3) is 10.0 Å². The molecule has 0 aliphatic carbocycles. The average Bonchev–Trinajstić information content (AvgIpc) is 2.92. The van der Waals surface area contributed by atoms with Gasteiger partial charge in [0.05, 0.1) is 12.3 Å². The number of rotatable bonds is 7. The Labute approximate surface area is 132 Å². The third-order valence-electron chi connectivity index (χ3n) is 2.51. The van der Waals surface area contributed by atoms with E-state index in [1.165, 1.54) is 23.5 Å². The predicted octanol–water partition coefficient (Wildman–Crippen LogP) is 3.23. The maximum absolute atomic E-state index is 12.4. The SMILES string of the molecule is COCCOc1ccc(Cl)cc1S(=O)(=O)Nc1ccsc1. The molecule has 0 fully saturated rings. The monoisotopic (exact) mass is 347 g/mol. The standard InChI is InChI=1S/C13H14ClNO4S2/c1-18-5-6-19-12-3-2-10(14)8-13(12)21(16,17)15-11-4-7-20-9-11/h2-4,7-9,15H,5-6H2,1H3. The molecule has 21 heavy (non-hydrogen) atoms. The smallest absolute Gasteiger partial charge is 0.265 e. The first kappa shape index (κ1) is 16.1. The van der Waals surface area contributed by atoms with Crippen molar-refractivity contribution in [3.8, 4) is 5.75 Å². The number of ether oxygens (including phenoxy) is 2. The highest BCUT2D eigenvalue weighted by molar-refractivity contribution is 7.92. The van der Waals surface area contributed by atoms with Crippen LogP contribution in [0.4, 0.5) is 5.69 Å². The minimum Gasteiger partial charge on any atom is -0.490 e. The number of benzene rings is 1. The van der Waals surface area contributed by atoms with Gasteiger partial charge in [-0.05, 0) is 29.6 Å². The number of hydrogen-bond donors (Lipinski definition) is 1. The van der Waals surface area contributed by atoms with Crippen LogP contribution in [0.5, 0.6) is 5.75 Å². The maximum Gasteiger partial charge on any atom is 0.265 e. The second kappa shape index (κ2) is 7.13. The molecule has 0 aliphatic rings. The summed E-state index contributed by atoms with van der Waals surface area (Å²) < 4.78 is 37.7. The molecule has 8 heteroatoms. The number of hydrogen-bond acceptors (Lipinski definition) is 5. The highest BCUT2D eigenvalue weighted by Gasteiger charge is 2.20. The van der Waals surface area contributed by atoms with Crippen LogP contribution in [0.1, 0.15) is 0 Å². The third kappa shape index (κ3) is 4.34. The molecule has 0 saturated heterocycles. The molecule has 2 aromatic rings. The van der Waals surface area contributed by atoms with Crippen molar-refractivity contribution >= 4 is 38.6 Å². The van der Waals surface area contributed by atoms with Gasteiger partial charge in [0.15, 0.2) is 0 Å². The van der Waals surface area contributed by atoms with Crippen LogP contribution >= 0.6 is 22.9 Å². The number of thiophene rings is 1. The van der Waals surface area contributed by atoms with Crippen molar-refractivity contribution in [2.75, 3.05) is 25.0 Å². The molecule has 0 bridgehead atoms. The van der Waals surface area contributed by atoms with E-state index in [1.807, 2.05) is 0 Å². The number of nitrogens with one attached hydrogen (secondary N) is 1. The number of sulfonamides is 1. The van der Waals surface area contributed by atoms with Crippen molar-refractivity contribution in [2.24, 2.45) is 0 Å². The lowest BCUT2D eigenvalue weighted by Crippen LogP contribution is -2.15. The van der Waals surface area contributed by atoms with Crippen LogP contribution < -0.4 is 9.46 Å². The quantitative estimate of drug-likeness (QED) is 0.781. The number of anilines is 1. The van der Waals surface area contributed by atoms with E-state index in [0.717, 1.165) is 0 Å². The Morgan fingerprint density at radius 2 is 2.10 bits per heavy atom. The lowest BCUT2D eigenvalue weighted by Gasteiger charge is -2.13. The van der Waals surface area contributed by atoms with E-state index in [0.29, 0.717) is 17.3 Å². The highest BCUT2D eigenvalue weighted by atomic mass is 35.5. The lowest BCUT2D eigenvalue weighted by molar-refractivity contribution is 0.144. The number of halogens is 1. The fourth-order valence-electron chi connectivity index (χ4n) is 1.58. The van der Waals surface area contributed by atoms with Gasteiger partial charge in [-0.15, -0.1) is 0 Å². The van der Waals surface area contributed by atoms with Gasteiger partial charge in [0.1, 0.15) is 17.3 Å². The molecule has 0 radical (unpaired) electrons. The first-order valence-electron chi connectivity index (χ1n) is 5.99. The van der Waals surface area contributed by atoms with Gasteiger partial charge in [0, 0.05) is 17.5 Å². The van der Waals surface area contributed by atoms with Crippen LogP contribution in [0.2, 0.25) is 5.02 Å². The average molecular weight is 348 g/mol. The molecule has 0 unspecified atom stereocenters. The molecular weight excluding hydrogens is 334 g/mol. The Morgan fingerprint density at radius 3 is 2.76 bits per heavy atom. The topological polar surface area (TPSA) is 64.6 Å². The molecule has 2 rings (SSSR count). The second-order valence-corrected chi connectivity index (χ2v) is 6.92. The highest BCUT2D eigenvalue weighted by Crippen LogP contribution is 2.29. The van der Waals surface area contributed by atoms with Crippen LogP contribution in [0.3, 0.4) is 0 Å². The molecule has 1 heterocycles. The summed E-state index contributed by atoms with van der Waals surface area (Å²) in [7, 11) is -2.22. The Morgan fingerprint density at radius 1 is 1.29 bits per heavy atom. The van der Waals surface area contributed by atoms with Crippen molar-refractivity contribution in [1.82, 2.24) is 0 Å². The van der Waals surface area contributed by atoms with E-state index in [9.17, 15) is 8.42 Å². The van der Waals surface area contributed by atoms with Gasteiger partial charge in [-0.1, -0.05) is 11.6 Å². The zero-order chi connectivity index (χ0) is 15.3. The summed E-state index contributed by atoms with van der Waals surface area (Å²) >= 11 is 7.29. The molecule has 1 N–H and O–H groups in total. The minimum absolute atomic E-state index is 0.00250. The Bertz CT molecular complexity index is 686. The van der Waals surface area contributed by atoms with E-state index in [4.69, 9.17) is 21.1 Å². The molecule has 1 aromatic carbocycles. The zero-order valence-electron chi connectivity index (χ0n) is 11.2. The Kier molecular flexibility index (Phi) is 5.46. The summed E-state index contributed by atoms with van der Waals surface area (Å²) in [6.45, 7) is 0.610. The fourth-order valence-corrected chi connectivity index (χ4v) is 3.70. The molecule has 1 aromatic heterocycles. The molecule has 114 valence electrons. The van der Waals surface area contributed by atoms with E-state index >= 15 is 0 Å². The van der Waals surface area contributed by atoms with E-state index in [2.05, 4.69) is 4.72 Å². The maximum atomic E-state index is 12.4. The molecule has 0 saturated carbocycles. The first-order chi connectivity index (χ1) is 10.0. The van der Waals surface area contributed by atoms with Gasteiger partial charge in [-0.3, -0.25) is 4.72 Å². The third-order valence-corrected chi connectivity index (χ3v) is 4.83. The normalized spacial score (nSPS) is 11.3. The minimum atomic E-state index is -3.77. The van der Waals surface area contributed by atoms with Crippen LogP contribution in [-0.4, -0.2) is 28.7 Å². The lowest BCUT2D eigenvalue weighted by atomic mass is 10.3. The molecule has 0 spiro atoms. The molecule has 5 nitrogen and oxygen atoms in total. The van der Waals surface area contributed by atoms with Gasteiger partial charge >= 0.3 is 0 Å². The van der Waals surface area contributed by atoms with Gasteiger partial charge in [0.2, 0.25) is 0 Å². The van der Waals surface area contributed by atoms with Crippen LogP contribution in [0, 0.1) is 0 Å².